The molecule has 0 unspecified atom stereocenters. The maximum atomic E-state index is 2.36. The Labute approximate surface area is 155 Å². The van der Waals surface area contributed by atoms with Crippen molar-refractivity contribution in [1.82, 2.24) is 0 Å². The van der Waals surface area contributed by atoms with Crippen molar-refractivity contribution in [2.45, 2.75) is 23.7 Å². The molecule has 0 N–H and O–H groups in total. The lowest BCUT2D eigenvalue weighted by molar-refractivity contribution is 0.905. The Kier molecular flexibility index (Phi) is 3.83. The van der Waals surface area contributed by atoms with Gasteiger partial charge in [-0.25, -0.2) is 0 Å². The van der Waals surface area contributed by atoms with Gasteiger partial charge in [-0.2, -0.15) is 0 Å². The van der Waals surface area contributed by atoms with Crippen molar-refractivity contribution < 1.29 is 0 Å². The van der Waals surface area contributed by atoms with Crippen molar-refractivity contribution in [3.63, 3.8) is 0 Å². The average molecular weight is 334 g/mol. The molecule has 1 aromatic carbocycles. The summed E-state index contributed by atoms with van der Waals surface area (Å²) in [6.45, 7) is 0. The van der Waals surface area contributed by atoms with Crippen molar-refractivity contribution in [3.8, 4) is 0 Å². The number of hydrogen-bond acceptors (Lipinski definition) is 0. The maximum Gasteiger partial charge on any atom is 0.0211 e. The molecule has 1 aromatic rings. The van der Waals surface area contributed by atoms with Gasteiger partial charge in [0.05, 0.1) is 0 Å². The van der Waals surface area contributed by atoms with Crippen LogP contribution >= 0.6 is 0 Å². The van der Waals surface area contributed by atoms with E-state index in [2.05, 4.69) is 109 Å². The molecule has 0 spiro atoms. The third-order valence-corrected chi connectivity index (χ3v) is 5.73. The lowest BCUT2D eigenvalue weighted by atomic mass is 9.76. The van der Waals surface area contributed by atoms with Crippen molar-refractivity contribution in [3.05, 3.63) is 132 Å². The van der Waals surface area contributed by atoms with E-state index in [0.717, 1.165) is 0 Å². The molecule has 0 fully saturated rings. The molecule has 126 valence electrons. The molecule has 0 amide bonds. The number of allylic oxidation sites excluding steroid dienone is 16. The second-order valence-electron chi connectivity index (χ2n) is 7.25. The molecule has 0 heteroatoms. The van der Waals surface area contributed by atoms with Gasteiger partial charge in [-0.3, -0.25) is 0 Å². The van der Waals surface area contributed by atoms with Gasteiger partial charge in [-0.1, -0.05) is 109 Å². The van der Waals surface area contributed by atoms with E-state index in [1.807, 2.05) is 0 Å². The summed E-state index contributed by atoms with van der Waals surface area (Å²) in [5.74, 6) is 1.48. The van der Waals surface area contributed by atoms with E-state index in [1.165, 1.54) is 22.3 Å². The summed E-state index contributed by atoms with van der Waals surface area (Å²) >= 11 is 0. The van der Waals surface area contributed by atoms with Crippen molar-refractivity contribution >= 4 is 0 Å². The van der Waals surface area contributed by atoms with Crippen LogP contribution in [0.25, 0.3) is 0 Å². The maximum absolute atomic E-state index is 2.36. The molecule has 0 aromatic heterocycles. The molecule has 26 heavy (non-hydrogen) atoms. The molecule has 4 aliphatic carbocycles. The second kappa shape index (κ2) is 6.46. The summed E-state index contributed by atoms with van der Waals surface area (Å²) in [6.07, 6.45) is 35.9. The van der Waals surface area contributed by atoms with Gasteiger partial charge in [0, 0.05) is 23.7 Å². The molecule has 4 aliphatic rings. The number of benzene rings is 1. The first kappa shape index (κ1) is 15.4. The van der Waals surface area contributed by atoms with Crippen LogP contribution in [0.3, 0.4) is 0 Å². The van der Waals surface area contributed by atoms with Gasteiger partial charge >= 0.3 is 0 Å². The predicted molar refractivity (Wildman–Crippen MR) is 111 cm³/mol. The van der Waals surface area contributed by atoms with Crippen molar-refractivity contribution in [1.29, 1.82) is 0 Å². The molecule has 5 rings (SSSR count). The van der Waals surface area contributed by atoms with Gasteiger partial charge in [0.15, 0.2) is 0 Å². The third-order valence-electron chi connectivity index (χ3n) is 5.73. The van der Waals surface area contributed by atoms with Crippen LogP contribution in [0.15, 0.2) is 109 Å². The predicted octanol–water partition coefficient (Wildman–Crippen LogP) is 6.53. The van der Waals surface area contributed by atoms with E-state index >= 15 is 0 Å². The zero-order valence-electron chi connectivity index (χ0n) is 14.7. The van der Waals surface area contributed by atoms with Crippen LogP contribution in [-0.2, 0) is 0 Å². The highest BCUT2D eigenvalue weighted by molar-refractivity contribution is 5.59. The standard InChI is InChI=1S/C26H22/c1-2-10-19(9-1)23-17-18-24(20-11-3-4-12-20)26(22-15-7-8-16-22)25(23)21-13-5-6-14-21/h1-22H. The molecular weight excluding hydrogens is 312 g/mol. The Bertz CT molecular complexity index is 829. The summed E-state index contributed by atoms with van der Waals surface area (Å²) in [7, 11) is 0. The summed E-state index contributed by atoms with van der Waals surface area (Å²) in [5.41, 5.74) is 5.86. The Balaban J connectivity index is 1.76. The summed E-state index contributed by atoms with van der Waals surface area (Å²) < 4.78 is 0. The zero-order valence-corrected chi connectivity index (χ0v) is 14.7. The summed E-state index contributed by atoms with van der Waals surface area (Å²) in [6, 6.07) is 4.72. The SMILES string of the molecule is C1=CC(c2ccc(C3C=CC=C3)c(C3C=CC=C3)c2C2C=CC=C2)C=C1. The van der Waals surface area contributed by atoms with Crippen molar-refractivity contribution in [2.24, 2.45) is 0 Å². The Morgan fingerprint density at radius 2 is 0.615 bits per heavy atom. The highest BCUT2D eigenvalue weighted by atomic mass is 14.3. The molecule has 0 saturated heterocycles. The zero-order chi connectivity index (χ0) is 17.3. The monoisotopic (exact) mass is 334 g/mol. The minimum absolute atomic E-state index is 0.360. The molecule has 0 atom stereocenters. The van der Waals surface area contributed by atoms with Crippen LogP contribution in [0, 0.1) is 0 Å². The summed E-state index contributed by atoms with van der Waals surface area (Å²) in [4.78, 5) is 0. The minimum atomic E-state index is 0.360. The molecule has 0 aliphatic heterocycles. The van der Waals surface area contributed by atoms with Gasteiger partial charge in [-0.05, 0) is 22.3 Å². The first-order chi connectivity index (χ1) is 12.9. The van der Waals surface area contributed by atoms with E-state index in [1.54, 1.807) is 0 Å². The van der Waals surface area contributed by atoms with E-state index in [0.29, 0.717) is 23.7 Å². The quantitative estimate of drug-likeness (QED) is 0.587. The second-order valence-corrected chi connectivity index (χ2v) is 7.25. The fourth-order valence-corrected chi connectivity index (χ4v) is 4.52. The van der Waals surface area contributed by atoms with Gasteiger partial charge < -0.3 is 0 Å². The third kappa shape index (κ3) is 2.54. The van der Waals surface area contributed by atoms with Crippen molar-refractivity contribution in [2.75, 3.05) is 0 Å². The molecular formula is C26H22. The highest BCUT2D eigenvalue weighted by Crippen LogP contribution is 2.44. The Morgan fingerprint density at radius 3 is 0.923 bits per heavy atom. The van der Waals surface area contributed by atoms with Gasteiger partial charge in [0.2, 0.25) is 0 Å². The highest BCUT2D eigenvalue weighted by Gasteiger charge is 2.28. The fourth-order valence-electron chi connectivity index (χ4n) is 4.52. The largest absolute Gasteiger partial charge is 0.0732 e. The van der Waals surface area contributed by atoms with E-state index in [-0.39, 0.29) is 0 Å². The van der Waals surface area contributed by atoms with Crippen LogP contribution in [0.4, 0.5) is 0 Å². The smallest absolute Gasteiger partial charge is 0.0211 e. The van der Waals surface area contributed by atoms with Crippen LogP contribution in [-0.4, -0.2) is 0 Å². The first-order valence-corrected chi connectivity index (χ1v) is 9.48. The van der Waals surface area contributed by atoms with Crippen LogP contribution < -0.4 is 0 Å². The van der Waals surface area contributed by atoms with Gasteiger partial charge in [-0.15, -0.1) is 0 Å². The van der Waals surface area contributed by atoms with Crippen LogP contribution in [0.2, 0.25) is 0 Å². The van der Waals surface area contributed by atoms with Crippen LogP contribution in [0.5, 0.6) is 0 Å². The van der Waals surface area contributed by atoms with Gasteiger partial charge in [0.1, 0.15) is 0 Å². The Hall–Kier alpha value is -2.86. The summed E-state index contributed by atoms with van der Waals surface area (Å²) in [5, 5.41) is 0. The topological polar surface area (TPSA) is 0 Å². The van der Waals surface area contributed by atoms with E-state index < -0.39 is 0 Å². The molecule has 0 bridgehead atoms. The normalized spacial score (nSPS) is 21.5. The first-order valence-electron chi connectivity index (χ1n) is 9.48. The lowest BCUT2D eigenvalue weighted by Gasteiger charge is -2.27. The van der Waals surface area contributed by atoms with Gasteiger partial charge in [0.25, 0.3) is 0 Å². The lowest BCUT2D eigenvalue weighted by Crippen LogP contribution is -2.11. The molecule has 0 radical (unpaired) electrons. The molecule has 0 nitrogen and oxygen atoms in total. The van der Waals surface area contributed by atoms with E-state index in [4.69, 9.17) is 0 Å². The number of hydrogen-bond donors (Lipinski definition) is 0. The molecule has 0 heterocycles. The fraction of sp³-hybridized carbons (Fsp3) is 0.154. The number of rotatable bonds is 4. The van der Waals surface area contributed by atoms with E-state index in [9.17, 15) is 0 Å². The molecule has 0 saturated carbocycles. The minimum Gasteiger partial charge on any atom is -0.0732 e. The Morgan fingerprint density at radius 1 is 0.346 bits per heavy atom. The average Bonchev–Trinajstić information content (AvgIpc) is 3.49. The van der Waals surface area contributed by atoms with Crippen LogP contribution in [0.1, 0.15) is 45.9 Å².